The summed E-state index contributed by atoms with van der Waals surface area (Å²) < 4.78 is 0. The van der Waals surface area contributed by atoms with Gasteiger partial charge in [-0.15, -0.1) is 0 Å². The first kappa shape index (κ1) is 18.2. The summed E-state index contributed by atoms with van der Waals surface area (Å²) in [5, 5.41) is 20.6. The molecule has 0 saturated carbocycles. The zero-order valence-corrected chi connectivity index (χ0v) is 14.9. The standard InChI is InChI=1S/C20H18ClNO4/c1-12-2-4-14(5-3-12)18(24)16-17(13-6-8-15(21)9-7-13)22(10-11-23)20(26)19(16)25/h2-9,17,23-24H,10-11H2,1H3. The second-order valence-corrected chi connectivity index (χ2v) is 6.57. The SMILES string of the molecule is Cc1ccc(C(O)=C2C(=O)C(=O)N(CCO)C2c2ccc(Cl)cc2)cc1. The first-order valence-electron chi connectivity index (χ1n) is 8.16. The van der Waals surface area contributed by atoms with Crippen LogP contribution in [0.1, 0.15) is 22.7 Å². The van der Waals surface area contributed by atoms with Crippen molar-refractivity contribution < 1.29 is 19.8 Å². The molecule has 1 aliphatic heterocycles. The normalized spacial score (nSPS) is 19.2. The number of hydrogen-bond acceptors (Lipinski definition) is 4. The van der Waals surface area contributed by atoms with E-state index in [9.17, 15) is 19.8 Å². The molecule has 1 atom stereocenters. The van der Waals surface area contributed by atoms with Crippen molar-refractivity contribution in [3.8, 4) is 0 Å². The topological polar surface area (TPSA) is 77.8 Å². The maximum Gasteiger partial charge on any atom is 0.295 e. The Kier molecular flexibility index (Phi) is 5.11. The molecule has 2 N–H and O–H groups in total. The van der Waals surface area contributed by atoms with Gasteiger partial charge in [-0.25, -0.2) is 0 Å². The molecule has 0 bridgehead atoms. The summed E-state index contributed by atoms with van der Waals surface area (Å²) in [6.45, 7) is 1.61. The number of carbonyl (C=O) groups excluding carboxylic acids is 2. The van der Waals surface area contributed by atoms with Crippen LogP contribution in [0.15, 0.2) is 54.1 Å². The van der Waals surface area contributed by atoms with E-state index in [4.69, 9.17) is 11.6 Å². The van der Waals surface area contributed by atoms with Gasteiger partial charge in [0.2, 0.25) is 0 Å². The van der Waals surface area contributed by atoms with Crippen LogP contribution in [0.25, 0.3) is 5.76 Å². The molecule has 0 aromatic heterocycles. The van der Waals surface area contributed by atoms with Gasteiger partial charge in [-0.2, -0.15) is 0 Å². The minimum Gasteiger partial charge on any atom is -0.507 e. The van der Waals surface area contributed by atoms with E-state index in [1.54, 1.807) is 36.4 Å². The molecule has 5 nitrogen and oxygen atoms in total. The monoisotopic (exact) mass is 371 g/mol. The average Bonchev–Trinajstić information content (AvgIpc) is 2.88. The van der Waals surface area contributed by atoms with E-state index in [0.29, 0.717) is 16.1 Å². The Morgan fingerprint density at radius 3 is 2.27 bits per heavy atom. The second kappa shape index (κ2) is 7.32. The van der Waals surface area contributed by atoms with Gasteiger partial charge in [0.05, 0.1) is 18.2 Å². The van der Waals surface area contributed by atoms with Gasteiger partial charge in [-0.1, -0.05) is 53.6 Å². The molecule has 2 aromatic rings. The molecule has 1 unspecified atom stereocenters. The van der Waals surface area contributed by atoms with Crippen LogP contribution in [0.3, 0.4) is 0 Å². The minimum atomic E-state index is -0.777. The highest BCUT2D eigenvalue weighted by Crippen LogP contribution is 2.39. The minimum absolute atomic E-state index is 0.00891. The number of hydrogen-bond donors (Lipinski definition) is 2. The zero-order chi connectivity index (χ0) is 18.8. The molecule has 6 heteroatoms. The first-order chi connectivity index (χ1) is 12.4. The third kappa shape index (κ3) is 3.23. The summed E-state index contributed by atoms with van der Waals surface area (Å²) in [7, 11) is 0. The fourth-order valence-corrected chi connectivity index (χ4v) is 3.20. The number of aliphatic hydroxyl groups excluding tert-OH is 2. The van der Waals surface area contributed by atoms with E-state index in [-0.39, 0.29) is 24.5 Å². The third-order valence-electron chi connectivity index (χ3n) is 4.39. The Hall–Kier alpha value is -2.63. The summed E-state index contributed by atoms with van der Waals surface area (Å²) in [6.07, 6.45) is 0. The van der Waals surface area contributed by atoms with Gasteiger partial charge in [0.15, 0.2) is 0 Å². The van der Waals surface area contributed by atoms with E-state index < -0.39 is 17.7 Å². The number of β-amino-alcohol motifs (C(OH)–C–C–N with tert-alkyl or cyclic N) is 1. The van der Waals surface area contributed by atoms with Crippen LogP contribution in [-0.2, 0) is 9.59 Å². The Bertz CT molecular complexity index is 872. The number of likely N-dealkylation sites (tertiary alicyclic amines) is 1. The van der Waals surface area contributed by atoms with Crippen LogP contribution >= 0.6 is 11.6 Å². The van der Waals surface area contributed by atoms with Crippen molar-refractivity contribution in [3.63, 3.8) is 0 Å². The largest absolute Gasteiger partial charge is 0.507 e. The van der Waals surface area contributed by atoms with Crippen molar-refractivity contribution in [1.29, 1.82) is 0 Å². The van der Waals surface area contributed by atoms with Crippen molar-refractivity contribution in [2.75, 3.05) is 13.2 Å². The Morgan fingerprint density at radius 1 is 1.08 bits per heavy atom. The van der Waals surface area contributed by atoms with E-state index >= 15 is 0 Å². The highest BCUT2D eigenvalue weighted by molar-refractivity contribution is 6.46. The number of halogens is 1. The lowest BCUT2D eigenvalue weighted by Gasteiger charge is -2.24. The van der Waals surface area contributed by atoms with Crippen LogP contribution in [0.2, 0.25) is 5.02 Å². The van der Waals surface area contributed by atoms with Gasteiger partial charge in [0, 0.05) is 17.1 Å². The van der Waals surface area contributed by atoms with Crippen molar-refractivity contribution in [2.24, 2.45) is 0 Å². The highest BCUT2D eigenvalue weighted by atomic mass is 35.5. The van der Waals surface area contributed by atoms with E-state index in [0.717, 1.165) is 5.56 Å². The maximum absolute atomic E-state index is 12.6. The van der Waals surface area contributed by atoms with Crippen LogP contribution < -0.4 is 0 Å². The number of amides is 1. The van der Waals surface area contributed by atoms with E-state index in [1.165, 1.54) is 4.90 Å². The molecule has 134 valence electrons. The molecule has 1 fully saturated rings. The fraction of sp³-hybridized carbons (Fsp3) is 0.200. The Balaban J connectivity index is 2.17. The molecule has 1 aliphatic rings. The smallest absolute Gasteiger partial charge is 0.295 e. The predicted octanol–water partition coefficient (Wildman–Crippen LogP) is 3.06. The summed E-state index contributed by atoms with van der Waals surface area (Å²) in [5.74, 6) is -1.74. The quantitative estimate of drug-likeness (QED) is 0.492. The number of Topliss-reactive ketones (excluding diaryl/α,β-unsaturated/α-hetero) is 1. The number of aliphatic hydroxyl groups is 2. The lowest BCUT2D eigenvalue weighted by molar-refractivity contribution is -0.140. The first-order valence-corrected chi connectivity index (χ1v) is 8.53. The number of benzene rings is 2. The summed E-state index contributed by atoms with van der Waals surface area (Å²) in [4.78, 5) is 26.3. The van der Waals surface area contributed by atoms with Gasteiger partial charge in [0.25, 0.3) is 11.7 Å². The molecule has 1 saturated heterocycles. The molecule has 0 aliphatic carbocycles. The van der Waals surface area contributed by atoms with Crippen LogP contribution in [0.5, 0.6) is 0 Å². The number of aryl methyl sites for hydroxylation is 1. The van der Waals surface area contributed by atoms with Crippen molar-refractivity contribution >= 4 is 29.1 Å². The number of carbonyl (C=O) groups is 2. The third-order valence-corrected chi connectivity index (χ3v) is 4.64. The molecule has 0 radical (unpaired) electrons. The Morgan fingerprint density at radius 2 is 1.69 bits per heavy atom. The van der Waals surface area contributed by atoms with Gasteiger partial charge in [0.1, 0.15) is 5.76 Å². The van der Waals surface area contributed by atoms with E-state index in [1.807, 2.05) is 19.1 Å². The summed E-state index contributed by atoms with van der Waals surface area (Å²) >= 11 is 5.93. The van der Waals surface area contributed by atoms with Gasteiger partial charge < -0.3 is 15.1 Å². The highest BCUT2D eigenvalue weighted by Gasteiger charge is 2.45. The molecule has 0 spiro atoms. The second-order valence-electron chi connectivity index (χ2n) is 6.13. The molecular formula is C20H18ClNO4. The molecule has 1 heterocycles. The lowest BCUT2D eigenvalue weighted by Crippen LogP contribution is -2.32. The van der Waals surface area contributed by atoms with Crippen LogP contribution in [-0.4, -0.2) is 40.0 Å². The van der Waals surface area contributed by atoms with Crippen LogP contribution in [0.4, 0.5) is 0 Å². The number of rotatable bonds is 4. The fourth-order valence-electron chi connectivity index (χ4n) is 3.08. The molecular weight excluding hydrogens is 354 g/mol. The van der Waals surface area contributed by atoms with Gasteiger partial charge in [-0.3, -0.25) is 9.59 Å². The number of nitrogens with zero attached hydrogens (tertiary/aromatic N) is 1. The number of ketones is 1. The molecule has 1 amide bonds. The van der Waals surface area contributed by atoms with Crippen molar-refractivity contribution in [2.45, 2.75) is 13.0 Å². The zero-order valence-electron chi connectivity index (χ0n) is 14.1. The summed E-state index contributed by atoms with van der Waals surface area (Å²) in [5.41, 5.74) is 2.11. The lowest BCUT2D eigenvalue weighted by atomic mass is 9.95. The summed E-state index contributed by atoms with van der Waals surface area (Å²) in [6, 6.07) is 13.0. The van der Waals surface area contributed by atoms with Crippen molar-refractivity contribution in [3.05, 3.63) is 75.8 Å². The van der Waals surface area contributed by atoms with Crippen LogP contribution in [0, 0.1) is 6.92 Å². The Labute approximate surface area is 156 Å². The molecule has 2 aromatic carbocycles. The van der Waals surface area contributed by atoms with Crippen molar-refractivity contribution in [1.82, 2.24) is 4.90 Å². The molecule has 3 rings (SSSR count). The van der Waals surface area contributed by atoms with Gasteiger partial charge >= 0.3 is 0 Å². The maximum atomic E-state index is 12.6. The molecule has 26 heavy (non-hydrogen) atoms. The van der Waals surface area contributed by atoms with Gasteiger partial charge in [-0.05, 0) is 24.6 Å². The van der Waals surface area contributed by atoms with E-state index in [2.05, 4.69) is 0 Å². The average molecular weight is 372 g/mol. The predicted molar refractivity (Wildman–Crippen MR) is 98.7 cm³/mol.